The average molecular weight is 265 g/mol. The van der Waals surface area contributed by atoms with Gasteiger partial charge < -0.3 is 9.32 Å². The molecule has 92 valence electrons. The fourth-order valence-corrected chi connectivity index (χ4v) is 3.33. The fraction of sp³-hybridized carbons (Fsp3) is 0.333. The molecule has 0 spiro atoms. The van der Waals surface area contributed by atoms with E-state index in [0.717, 1.165) is 9.94 Å². The van der Waals surface area contributed by atoms with E-state index in [-0.39, 0.29) is 6.04 Å². The van der Waals surface area contributed by atoms with Crippen molar-refractivity contribution in [3.8, 4) is 0 Å². The summed E-state index contributed by atoms with van der Waals surface area (Å²) in [7, 11) is 0. The maximum Gasteiger partial charge on any atom is 0.345 e. The third kappa shape index (κ3) is 1.07. The molecule has 2 aliphatic heterocycles. The van der Waals surface area contributed by atoms with Gasteiger partial charge in [0.2, 0.25) is 12.3 Å². The van der Waals surface area contributed by atoms with Crippen LogP contribution in [0.15, 0.2) is 16.3 Å². The highest BCUT2D eigenvalue weighted by molar-refractivity contribution is 7.09. The van der Waals surface area contributed by atoms with E-state index in [9.17, 15) is 10.0 Å². The molecule has 0 unspecified atom stereocenters. The van der Waals surface area contributed by atoms with Crippen molar-refractivity contribution in [3.05, 3.63) is 28.4 Å². The van der Waals surface area contributed by atoms with E-state index in [2.05, 4.69) is 15.2 Å². The first kappa shape index (κ1) is 9.97. The molecule has 1 saturated heterocycles. The normalized spacial score (nSPS) is 25.7. The Hall–Kier alpha value is -2.00. The highest BCUT2D eigenvalue weighted by Gasteiger charge is 2.51. The van der Waals surface area contributed by atoms with Gasteiger partial charge in [-0.3, -0.25) is 5.21 Å². The molecule has 2 amide bonds. The van der Waals surface area contributed by atoms with E-state index in [1.165, 1.54) is 22.6 Å². The Morgan fingerprint density at radius 1 is 1.56 bits per heavy atom. The Balaban J connectivity index is 1.92. The van der Waals surface area contributed by atoms with Crippen molar-refractivity contribution in [3.63, 3.8) is 0 Å². The van der Waals surface area contributed by atoms with Crippen molar-refractivity contribution in [1.29, 1.82) is 0 Å². The molecule has 4 heterocycles. The Bertz CT molecular complexity index is 612. The van der Waals surface area contributed by atoms with E-state index < -0.39 is 12.1 Å². The summed E-state index contributed by atoms with van der Waals surface area (Å²) in [5.74, 6) is 0.309. The van der Waals surface area contributed by atoms with E-state index in [0.29, 0.717) is 18.1 Å². The number of hydrogen-bond donors (Lipinski definition) is 1. The molecule has 18 heavy (non-hydrogen) atoms. The summed E-state index contributed by atoms with van der Waals surface area (Å²) in [5.41, 5.74) is 2.39. The van der Waals surface area contributed by atoms with Gasteiger partial charge in [-0.25, -0.2) is 9.78 Å². The van der Waals surface area contributed by atoms with Crippen LogP contribution in [0.3, 0.4) is 0 Å². The SMILES string of the molecule is O=C1N(O)[C@H]2CN1[C@H](c1nnco1)c1ncsc12. The monoisotopic (exact) mass is 265 g/mol. The highest BCUT2D eigenvalue weighted by atomic mass is 32.1. The smallest absolute Gasteiger partial charge is 0.345 e. The van der Waals surface area contributed by atoms with Crippen LogP contribution in [0.1, 0.15) is 28.5 Å². The molecular formula is C9H7N5O3S. The molecule has 2 aromatic heterocycles. The number of aromatic nitrogens is 3. The quantitative estimate of drug-likeness (QED) is 0.766. The Kier molecular flexibility index (Phi) is 1.81. The Morgan fingerprint density at radius 3 is 3.22 bits per heavy atom. The topological polar surface area (TPSA) is 95.6 Å². The molecule has 1 N–H and O–H groups in total. The first-order chi connectivity index (χ1) is 8.77. The van der Waals surface area contributed by atoms with Gasteiger partial charge in [0.05, 0.1) is 22.6 Å². The van der Waals surface area contributed by atoms with E-state index >= 15 is 0 Å². The summed E-state index contributed by atoms with van der Waals surface area (Å²) in [6.45, 7) is 0.400. The predicted molar refractivity (Wildman–Crippen MR) is 56.7 cm³/mol. The number of carbonyl (C=O) groups is 1. The molecule has 0 saturated carbocycles. The lowest BCUT2D eigenvalue weighted by molar-refractivity contribution is -0.0578. The number of fused-ring (bicyclic) bond motifs is 4. The first-order valence-electron chi connectivity index (χ1n) is 5.25. The predicted octanol–water partition coefficient (Wildman–Crippen LogP) is 0.797. The summed E-state index contributed by atoms with van der Waals surface area (Å²) in [4.78, 5) is 18.6. The number of urea groups is 1. The van der Waals surface area contributed by atoms with Crippen LogP contribution in [0.4, 0.5) is 4.79 Å². The van der Waals surface area contributed by atoms with Gasteiger partial charge in [0.15, 0.2) is 6.04 Å². The van der Waals surface area contributed by atoms with Crippen molar-refractivity contribution in [2.24, 2.45) is 0 Å². The minimum Gasteiger partial charge on any atom is -0.425 e. The highest BCUT2D eigenvalue weighted by Crippen LogP contribution is 2.45. The fourth-order valence-electron chi connectivity index (χ4n) is 2.43. The largest absolute Gasteiger partial charge is 0.425 e. The zero-order valence-corrected chi connectivity index (χ0v) is 9.74. The van der Waals surface area contributed by atoms with Crippen molar-refractivity contribution in [2.75, 3.05) is 6.54 Å². The summed E-state index contributed by atoms with van der Waals surface area (Å²) >= 11 is 1.41. The van der Waals surface area contributed by atoms with Gasteiger partial charge in [-0.2, -0.15) is 5.06 Å². The minimum atomic E-state index is -0.505. The van der Waals surface area contributed by atoms with Crippen LogP contribution in [0.2, 0.25) is 0 Å². The first-order valence-corrected chi connectivity index (χ1v) is 6.13. The molecule has 2 aromatic rings. The molecule has 2 atom stereocenters. The Morgan fingerprint density at radius 2 is 2.44 bits per heavy atom. The summed E-state index contributed by atoms with van der Waals surface area (Å²) in [6, 6.07) is -1.32. The third-order valence-electron chi connectivity index (χ3n) is 3.21. The van der Waals surface area contributed by atoms with E-state index in [4.69, 9.17) is 4.42 Å². The van der Waals surface area contributed by atoms with E-state index in [1.54, 1.807) is 5.51 Å². The second-order valence-electron chi connectivity index (χ2n) is 4.08. The number of rotatable bonds is 1. The zero-order chi connectivity index (χ0) is 12.3. The van der Waals surface area contributed by atoms with Crippen LogP contribution in [0, 0.1) is 0 Å². The molecule has 4 rings (SSSR count). The number of carbonyl (C=O) groups excluding carboxylic acids is 1. The van der Waals surface area contributed by atoms with Gasteiger partial charge in [-0.15, -0.1) is 21.5 Å². The molecule has 0 aliphatic carbocycles. The standard InChI is InChI=1S/C9H7N5O3S/c15-9-13-1-4(14(9)16)7-5(10-3-18-7)6(13)8-12-11-2-17-8/h2-4,6,16H,1H2/t4-,6-/m0/s1. The maximum absolute atomic E-state index is 11.9. The molecule has 0 radical (unpaired) electrons. The van der Waals surface area contributed by atoms with Gasteiger partial charge in [0.1, 0.15) is 6.04 Å². The summed E-state index contributed by atoms with van der Waals surface area (Å²) < 4.78 is 5.18. The molecule has 8 nitrogen and oxygen atoms in total. The molecule has 0 aromatic carbocycles. The molecule has 1 fully saturated rings. The molecule has 9 heteroatoms. The van der Waals surface area contributed by atoms with Crippen molar-refractivity contribution in [2.45, 2.75) is 12.1 Å². The van der Waals surface area contributed by atoms with Crippen LogP contribution in [0.5, 0.6) is 0 Å². The lowest BCUT2D eigenvalue weighted by Crippen LogP contribution is -2.34. The van der Waals surface area contributed by atoms with Gasteiger partial charge in [-0.05, 0) is 0 Å². The van der Waals surface area contributed by atoms with Crippen LogP contribution in [0.25, 0.3) is 0 Å². The van der Waals surface area contributed by atoms with Gasteiger partial charge in [-0.1, -0.05) is 0 Å². The van der Waals surface area contributed by atoms with E-state index in [1.807, 2.05) is 0 Å². The lowest BCUT2D eigenvalue weighted by atomic mass is 10.0. The number of nitrogens with zero attached hydrogens (tertiary/aromatic N) is 5. The maximum atomic E-state index is 11.9. The zero-order valence-electron chi connectivity index (χ0n) is 8.92. The average Bonchev–Trinajstić information content (AvgIpc) is 3.08. The van der Waals surface area contributed by atoms with Crippen LogP contribution in [-0.4, -0.2) is 42.9 Å². The van der Waals surface area contributed by atoms with Gasteiger partial charge in [0, 0.05) is 0 Å². The van der Waals surface area contributed by atoms with Crippen LogP contribution in [-0.2, 0) is 0 Å². The number of hydroxylamine groups is 2. The molecule has 2 bridgehead atoms. The van der Waals surface area contributed by atoms with Crippen LogP contribution >= 0.6 is 11.3 Å². The second kappa shape index (κ2) is 3.27. The van der Waals surface area contributed by atoms with Gasteiger partial charge >= 0.3 is 6.03 Å². The van der Waals surface area contributed by atoms with Crippen molar-refractivity contribution in [1.82, 2.24) is 25.1 Å². The number of hydrogen-bond acceptors (Lipinski definition) is 7. The minimum absolute atomic E-state index is 0.309. The number of amides is 2. The Labute approximate surface area is 104 Å². The molecule has 2 aliphatic rings. The molecular weight excluding hydrogens is 258 g/mol. The van der Waals surface area contributed by atoms with Crippen molar-refractivity contribution >= 4 is 17.4 Å². The lowest BCUT2D eigenvalue weighted by Gasteiger charge is -2.26. The second-order valence-corrected chi connectivity index (χ2v) is 4.96. The van der Waals surface area contributed by atoms with Crippen LogP contribution < -0.4 is 0 Å². The third-order valence-corrected chi connectivity index (χ3v) is 4.16. The number of thiazole rings is 1. The van der Waals surface area contributed by atoms with Gasteiger partial charge in [0.25, 0.3) is 0 Å². The summed E-state index contributed by atoms with van der Waals surface area (Å²) in [6.07, 6.45) is 1.21. The van der Waals surface area contributed by atoms with Crippen molar-refractivity contribution < 1.29 is 14.4 Å². The summed E-state index contributed by atoms with van der Waals surface area (Å²) in [5, 5.41) is 18.0.